The van der Waals surface area contributed by atoms with Gasteiger partial charge >= 0.3 is 16.3 Å². The van der Waals surface area contributed by atoms with Crippen molar-refractivity contribution in [2.24, 2.45) is 5.73 Å². The van der Waals surface area contributed by atoms with Crippen LogP contribution < -0.4 is 21.1 Å². The van der Waals surface area contributed by atoms with Gasteiger partial charge in [0, 0.05) is 31.2 Å². The number of nitrogens with zero attached hydrogens (tertiary/aromatic N) is 1. The van der Waals surface area contributed by atoms with Crippen LogP contribution in [0.3, 0.4) is 0 Å². The minimum Gasteiger partial charge on any atom is -0.494 e. The third-order valence-corrected chi connectivity index (χ3v) is 7.38. The number of likely N-dealkylation sites (tertiary alicyclic amines) is 1. The van der Waals surface area contributed by atoms with Gasteiger partial charge in [0.15, 0.2) is 0 Å². The average Bonchev–Trinajstić information content (AvgIpc) is 3.29. The van der Waals surface area contributed by atoms with Crippen molar-refractivity contribution < 1.29 is 34.1 Å². The molecular weight excluding hydrogens is 495 g/mol. The number of rotatable bonds is 6. The van der Waals surface area contributed by atoms with Gasteiger partial charge in [-0.15, -0.1) is 0 Å². The van der Waals surface area contributed by atoms with Crippen LogP contribution in [0.15, 0.2) is 41.3 Å². The molecule has 0 spiro atoms. The van der Waals surface area contributed by atoms with E-state index in [1.807, 2.05) is 0 Å². The van der Waals surface area contributed by atoms with Gasteiger partial charge in [0.05, 0.1) is 24.9 Å². The number of nitrogens with one attached hydrogen (secondary N) is 2. The fraction of sp³-hybridized carbons (Fsp3) is 0.409. The molecule has 2 aromatic rings. The van der Waals surface area contributed by atoms with E-state index in [0.29, 0.717) is 37.6 Å². The number of benzene rings is 2. The Bertz CT molecular complexity index is 1150. The van der Waals surface area contributed by atoms with E-state index < -0.39 is 39.0 Å². The van der Waals surface area contributed by atoms with Gasteiger partial charge < -0.3 is 26.2 Å². The SMILES string of the molecule is COc1c(CN2CC[C@@H](N)C2)cc(S(F)(F)(F)(F)F)cc1NC(=O)N[C@@H]1Cc2ccccc2[C@@H]1O. The molecule has 3 atom stereocenters. The summed E-state index contributed by atoms with van der Waals surface area (Å²) in [7, 11) is -8.90. The first kappa shape index (κ1) is 25.5. The number of nitrogens with two attached hydrogens (primary N) is 1. The van der Waals surface area contributed by atoms with E-state index in [1.165, 1.54) is 7.11 Å². The molecule has 0 unspecified atom stereocenters. The number of anilines is 1. The van der Waals surface area contributed by atoms with E-state index >= 15 is 0 Å². The van der Waals surface area contributed by atoms with Crippen molar-refractivity contribution in [1.29, 1.82) is 0 Å². The molecule has 1 aliphatic carbocycles. The summed E-state index contributed by atoms with van der Waals surface area (Å²) < 4.78 is 74.0. The van der Waals surface area contributed by atoms with Crippen LogP contribution in [0, 0.1) is 0 Å². The lowest BCUT2D eigenvalue weighted by molar-refractivity contribution is 0.145. The Kier molecular flexibility index (Phi) is 5.98. The molecule has 1 heterocycles. The molecule has 0 radical (unpaired) electrons. The summed E-state index contributed by atoms with van der Waals surface area (Å²) >= 11 is 0. The maximum Gasteiger partial charge on any atom is 0.319 e. The van der Waals surface area contributed by atoms with E-state index in [4.69, 9.17) is 10.5 Å². The first-order valence-corrected chi connectivity index (χ1v) is 12.9. The summed E-state index contributed by atoms with van der Waals surface area (Å²) in [5, 5.41) is 15.2. The smallest absolute Gasteiger partial charge is 0.319 e. The number of methoxy groups -OCH3 is 1. The molecule has 35 heavy (non-hydrogen) atoms. The third-order valence-electron chi connectivity index (χ3n) is 6.25. The zero-order valence-electron chi connectivity index (χ0n) is 18.8. The van der Waals surface area contributed by atoms with E-state index in [2.05, 4.69) is 10.6 Å². The normalized spacial score (nSPS) is 24.4. The molecule has 2 aliphatic rings. The third kappa shape index (κ3) is 5.63. The second kappa shape index (κ2) is 8.22. The first-order valence-electron chi connectivity index (χ1n) is 10.9. The van der Waals surface area contributed by atoms with Crippen molar-refractivity contribution in [2.75, 3.05) is 25.5 Å². The maximum atomic E-state index is 13.8. The lowest BCUT2D eigenvalue weighted by Crippen LogP contribution is -2.40. The van der Waals surface area contributed by atoms with Gasteiger partial charge in [-0.1, -0.05) is 43.7 Å². The van der Waals surface area contributed by atoms with Crippen molar-refractivity contribution in [2.45, 2.75) is 42.5 Å². The Labute approximate surface area is 199 Å². The topological polar surface area (TPSA) is 99.9 Å². The second-order valence-electron chi connectivity index (χ2n) is 8.97. The van der Waals surface area contributed by atoms with Crippen LogP contribution in [0.25, 0.3) is 0 Å². The molecule has 1 saturated heterocycles. The molecule has 4 rings (SSSR count). The zero-order chi connectivity index (χ0) is 25.7. The van der Waals surface area contributed by atoms with Crippen LogP contribution in [0.2, 0.25) is 0 Å². The van der Waals surface area contributed by atoms with Gasteiger partial charge in [-0.3, -0.25) is 4.90 Å². The molecule has 1 aliphatic heterocycles. The summed E-state index contributed by atoms with van der Waals surface area (Å²) in [6.07, 6.45) is -0.110. The standard InChI is InChI=1S/C22H27F5N4O3S/c1-34-21-14(11-31-7-6-15(28)12-31)8-16(35(23,24,25,26)27)10-19(21)30-22(33)29-18-9-13-4-2-3-5-17(13)20(18)32/h2-5,8,10,15,18,20,32H,6-7,9,11-12,28H2,1H3,(H2,29,30,33)/t15-,18-,20+/m1/s1. The molecule has 7 nitrogen and oxygen atoms in total. The van der Waals surface area contributed by atoms with Gasteiger partial charge in [-0.2, -0.15) is 0 Å². The Morgan fingerprint density at radius 1 is 1.23 bits per heavy atom. The lowest BCUT2D eigenvalue weighted by Gasteiger charge is -2.41. The first-order chi connectivity index (χ1) is 16.1. The largest absolute Gasteiger partial charge is 0.494 e. The minimum absolute atomic E-state index is 0.120. The van der Waals surface area contributed by atoms with Crippen LogP contribution >= 0.6 is 10.2 Å². The van der Waals surface area contributed by atoms with Crippen molar-refractivity contribution in [1.82, 2.24) is 10.2 Å². The molecular formula is C22H27F5N4O3S. The number of amides is 2. The van der Waals surface area contributed by atoms with E-state index in [1.54, 1.807) is 29.2 Å². The van der Waals surface area contributed by atoms with Crippen LogP contribution in [-0.2, 0) is 13.0 Å². The van der Waals surface area contributed by atoms with Gasteiger partial charge in [-0.25, -0.2) is 4.79 Å². The number of aliphatic hydroxyl groups excluding tert-OH is 1. The number of carbonyl (C=O) groups excluding carboxylic acids is 1. The van der Waals surface area contributed by atoms with Gasteiger partial charge in [0.25, 0.3) is 0 Å². The van der Waals surface area contributed by atoms with Crippen LogP contribution in [0.5, 0.6) is 5.75 Å². The Hall–Kier alpha value is -2.61. The van der Waals surface area contributed by atoms with Crippen molar-refractivity contribution in [3.8, 4) is 5.75 Å². The molecule has 2 aromatic carbocycles. The lowest BCUT2D eigenvalue weighted by atomic mass is 10.1. The minimum atomic E-state index is -10.1. The number of halogens is 5. The van der Waals surface area contributed by atoms with Crippen molar-refractivity contribution in [3.63, 3.8) is 0 Å². The molecule has 0 aromatic heterocycles. The Morgan fingerprint density at radius 3 is 2.54 bits per heavy atom. The monoisotopic (exact) mass is 522 g/mol. The summed E-state index contributed by atoms with van der Waals surface area (Å²) in [4.78, 5) is 12.3. The number of carbonyl (C=O) groups is 1. The highest BCUT2D eigenvalue weighted by Crippen LogP contribution is 3.02. The predicted molar refractivity (Wildman–Crippen MR) is 123 cm³/mol. The molecule has 13 heteroatoms. The van der Waals surface area contributed by atoms with E-state index in [0.717, 1.165) is 5.56 Å². The van der Waals surface area contributed by atoms with Crippen LogP contribution in [0.1, 0.15) is 29.2 Å². The molecule has 0 bridgehead atoms. The highest BCUT2D eigenvalue weighted by atomic mass is 32.5. The maximum absolute atomic E-state index is 13.8. The number of hydrogen-bond donors (Lipinski definition) is 4. The quantitative estimate of drug-likeness (QED) is 0.414. The second-order valence-corrected chi connectivity index (χ2v) is 11.4. The van der Waals surface area contributed by atoms with Crippen molar-refractivity contribution >= 4 is 21.9 Å². The average molecular weight is 523 g/mol. The summed E-state index contributed by atoms with van der Waals surface area (Å²) in [6.45, 7) is 0.743. The summed E-state index contributed by atoms with van der Waals surface area (Å²) in [5.41, 5.74) is 6.59. The van der Waals surface area contributed by atoms with Gasteiger partial charge in [0.2, 0.25) is 0 Å². The number of fused-ring (bicyclic) bond motifs is 1. The summed E-state index contributed by atoms with van der Waals surface area (Å²) in [6, 6.07) is 5.66. The van der Waals surface area contributed by atoms with Gasteiger partial charge in [-0.05, 0) is 36.1 Å². The Morgan fingerprint density at radius 2 is 1.94 bits per heavy atom. The van der Waals surface area contributed by atoms with E-state index in [9.17, 15) is 29.3 Å². The molecule has 194 valence electrons. The van der Waals surface area contributed by atoms with E-state index in [-0.39, 0.29) is 30.0 Å². The highest BCUT2D eigenvalue weighted by molar-refractivity contribution is 8.45. The van der Waals surface area contributed by atoms with Crippen LogP contribution in [0.4, 0.5) is 29.9 Å². The predicted octanol–water partition coefficient (Wildman–Crippen LogP) is 4.67. The van der Waals surface area contributed by atoms with Gasteiger partial charge in [0.1, 0.15) is 10.6 Å². The number of aliphatic hydroxyl groups is 1. The van der Waals surface area contributed by atoms with Crippen molar-refractivity contribution in [3.05, 3.63) is 53.1 Å². The summed E-state index contributed by atoms with van der Waals surface area (Å²) in [5.74, 6) is -0.165. The number of hydrogen-bond acceptors (Lipinski definition) is 5. The molecule has 0 saturated carbocycles. The fourth-order valence-electron chi connectivity index (χ4n) is 4.61. The Balaban J connectivity index is 1.63. The highest BCUT2D eigenvalue weighted by Gasteiger charge is 2.65. The number of ether oxygens (including phenoxy) is 1. The molecule has 5 N–H and O–H groups in total. The molecule has 2 amide bonds. The number of urea groups is 1. The molecule has 1 fully saturated rings. The van der Waals surface area contributed by atoms with Crippen LogP contribution in [-0.4, -0.2) is 48.3 Å². The zero-order valence-corrected chi connectivity index (χ0v) is 19.6. The fourth-order valence-corrected chi connectivity index (χ4v) is 5.32.